The summed E-state index contributed by atoms with van der Waals surface area (Å²) in [4.78, 5) is 12.6. The van der Waals surface area contributed by atoms with Crippen LogP contribution in [-0.4, -0.2) is 12.4 Å². The number of hydrogen-bond donors (Lipinski definition) is 0. The summed E-state index contributed by atoms with van der Waals surface area (Å²) in [6.07, 6.45) is 2.22. The van der Waals surface area contributed by atoms with Gasteiger partial charge >= 0.3 is 0 Å². The highest BCUT2D eigenvalue weighted by atomic mass is 16.5. The molecule has 1 atom stereocenters. The normalized spacial score (nSPS) is 16.9. The average molecular weight is 280 g/mol. The fraction of sp³-hybridized carbons (Fsp3) is 0.316. The summed E-state index contributed by atoms with van der Waals surface area (Å²) in [5.41, 5.74) is 3.59. The van der Waals surface area contributed by atoms with Gasteiger partial charge in [-0.05, 0) is 37.0 Å². The predicted molar refractivity (Wildman–Crippen MR) is 83.8 cm³/mol. The van der Waals surface area contributed by atoms with Crippen LogP contribution < -0.4 is 4.74 Å². The van der Waals surface area contributed by atoms with Gasteiger partial charge in [0, 0.05) is 17.9 Å². The second-order valence-corrected chi connectivity index (χ2v) is 5.62. The van der Waals surface area contributed by atoms with Crippen molar-refractivity contribution < 1.29 is 9.53 Å². The van der Waals surface area contributed by atoms with E-state index in [0.29, 0.717) is 18.8 Å². The van der Waals surface area contributed by atoms with Crippen molar-refractivity contribution in [3.8, 4) is 5.75 Å². The minimum absolute atomic E-state index is 0.000955. The average Bonchev–Trinajstić information content (AvgIpc) is 2.53. The standard InChI is InChI=1S/C19H20O2/c1-14-6-2-3-7-15(14)10-11-18(20)16-12-13-21-19-9-5-4-8-17(16)19/h2-9,16H,10-13H2,1H3. The van der Waals surface area contributed by atoms with Gasteiger partial charge in [0.05, 0.1) is 6.61 Å². The number of carbonyl (C=O) groups is 1. The summed E-state index contributed by atoms with van der Waals surface area (Å²) in [5, 5.41) is 0. The van der Waals surface area contributed by atoms with Gasteiger partial charge in [0.2, 0.25) is 0 Å². The van der Waals surface area contributed by atoms with Gasteiger partial charge in [-0.3, -0.25) is 4.79 Å². The van der Waals surface area contributed by atoms with Gasteiger partial charge in [-0.2, -0.15) is 0 Å². The molecule has 0 saturated carbocycles. The lowest BCUT2D eigenvalue weighted by molar-refractivity contribution is -0.121. The van der Waals surface area contributed by atoms with Gasteiger partial charge in [0.15, 0.2) is 0 Å². The molecule has 0 fully saturated rings. The molecule has 0 aromatic heterocycles. The number of carbonyl (C=O) groups excluding carboxylic acids is 1. The largest absolute Gasteiger partial charge is 0.493 e. The van der Waals surface area contributed by atoms with Crippen molar-refractivity contribution in [1.29, 1.82) is 0 Å². The van der Waals surface area contributed by atoms with Crippen LogP contribution in [0, 0.1) is 6.92 Å². The molecule has 0 aliphatic carbocycles. The van der Waals surface area contributed by atoms with Crippen molar-refractivity contribution in [2.75, 3.05) is 6.61 Å². The lowest BCUT2D eigenvalue weighted by atomic mass is 9.86. The fourth-order valence-electron chi connectivity index (χ4n) is 3.00. The monoisotopic (exact) mass is 280 g/mol. The molecular weight excluding hydrogens is 260 g/mol. The molecule has 1 unspecified atom stereocenters. The van der Waals surface area contributed by atoms with Crippen molar-refractivity contribution in [2.24, 2.45) is 0 Å². The van der Waals surface area contributed by atoms with Gasteiger partial charge in [0.25, 0.3) is 0 Å². The van der Waals surface area contributed by atoms with Crippen LogP contribution in [0.4, 0.5) is 0 Å². The van der Waals surface area contributed by atoms with Crippen molar-refractivity contribution in [3.05, 3.63) is 65.2 Å². The van der Waals surface area contributed by atoms with Crippen LogP contribution in [0.15, 0.2) is 48.5 Å². The lowest BCUT2D eigenvalue weighted by Crippen LogP contribution is -2.21. The van der Waals surface area contributed by atoms with Gasteiger partial charge in [-0.25, -0.2) is 0 Å². The van der Waals surface area contributed by atoms with E-state index in [1.54, 1.807) is 0 Å². The van der Waals surface area contributed by atoms with E-state index in [9.17, 15) is 4.79 Å². The zero-order chi connectivity index (χ0) is 14.7. The first-order valence-electron chi connectivity index (χ1n) is 7.54. The third-order valence-corrected chi connectivity index (χ3v) is 4.25. The number of aryl methyl sites for hydroxylation is 2. The second-order valence-electron chi connectivity index (χ2n) is 5.62. The lowest BCUT2D eigenvalue weighted by Gasteiger charge is -2.24. The molecule has 1 aliphatic heterocycles. The Kier molecular flexibility index (Phi) is 4.05. The Labute approximate surface area is 125 Å². The highest BCUT2D eigenvalue weighted by Crippen LogP contribution is 2.34. The molecule has 2 nitrogen and oxygen atoms in total. The van der Waals surface area contributed by atoms with E-state index < -0.39 is 0 Å². The molecule has 2 aromatic rings. The molecule has 3 rings (SSSR count). The number of fused-ring (bicyclic) bond motifs is 1. The van der Waals surface area contributed by atoms with Gasteiger partial charge in [-0.15, -0.1) is 0 Å². The van der Waals surface area contributed by atoms with Crippen LogP contribution in [0.5, 0.6) is 5.75 Å². The van der Waals surface area contributed by atoms with Crippen LogP contribution in [-0.2, 0) is 11.2 Å². The topological polar surface area (TPSA) is 26.3 Å². The molecule has 0 saturated heterocycles. The number of Topliss-reactive ketones (excluding diaryl/α,β-unsaturated/α-hetero) is 1. The van der Waals surface area contributed by atoms with Crippen molar-refractivity contribution in [1.82, 2.24) is 0 Å². The molecule has 2 heteroatoms. The second kappa shape index (κ2) is 6.13. The Balaban J connectivity index is 1.71. The van der Waals surface area contributed by atoms with Crippen molar-refractivity contribution in [2.45, 2.75) is 32.1 Å². The molecule has 0 amide bonds. The summed E-state index contributed by atoms with van der Waals surface area (Å²) < 4.78 is 5.63. The third kappa shape index (κ3) is 2.99. The molecule has 0 radical (unpaired) electrons. The molecule has 2 aromatic carbocycles. The number of benzene rings is 2. The van der Waals surface area contributed by atoms with Crippen LogP contribution in [0.1, 0.15) is 35.4 Å². The summed E-state index contributed by atoms with van der Waals surface area (Å²) >= 11 is 0. The number of para-hydroxylation sites is 1. The van der Waals surface area contributed by atoms with Crippen LogP contribution >= 0.6 is 0 Å². The van der Waals surface area contributed by atoms with Gasteiger partial charge in [-0.1, -0.05) is 42.5 Å². The van der Waals surface area contributed by atoms with E-state index in [1.165, 1.54) is 11.1 Å². The molecule has 0 bridgehead atoms. The van der Waals surface area contributed by atoms with E-state index in [-0.39, 0.29) is 5.92 Å². The predicted octanol–water partition coefficient (Wildman–Crippen LogP) is 4.06. The Morgan fingerprint density at radius 2 is 1.90 bits per heavy atom. The van der Waals surface area contributed by atoms with Crippen LogP contribution in [0.25, 0.3) is 0 Å². The van der Waals surface area contributed by atoms with E-state index in [0.717, 1.165) is 24.2 Å². The summed E-state index contributed by atoms with van der Waals surface area (Å²) in [6, 6.07) is 16.2. The maximum atomic E-state index is 12.6. The molecule has 0 spiro atoms. The SMILES string of the molecule is Cc1ccccc1CCC(=O)C1CCOc2ccccc21. The third-order valence-electron chi connectivity index (χ3n) is 4.25. The van der Waals surface area contributed by atoms with E-state index in [1.807, 2.05) is 36.4 Å². The minimum Gasteiger partial charge on any atom is -0.493 e. The summed E-state index contributed by atoms with van der Waals surface area (Å²) in [5.74, 6) is 1.20. The fourth-order valence-corrected chi connectivity index (χ4v) is 3.00. The van der Waals surface area contributed by atoms with E-state index in [2.05, 4.69) is 19.1 Å². The summed E-state index contributed by atoms with van der Waals surface area (Å²) in [7, 11) is 0. The first-order valence-corrected chi connectivity index (χ1v) is 7.54. The maximum Gasteiger partial charge on any atom is 0.140 e. The molecule has 108 valence electrons. The van der Waals surface area contributed by atoms with Gasteiger partial charge in [0.1, 0.15) is 11.5 Å². The Hall–Kier alpha value is -2.09. The Morgan fingerprint density at radius 1 is 1.14 bits per heavy atom. The number of ether oxygens (including phenoxy) is 1. The quantitative estimate of drug-likeness (QED) is 0.844. The zero-order valence-electron chi connectivity index (χ0n) is 12.3. The highest BCUT2D eigenvalue weighted by molar-refractivity contribution is 5.87. The molecule has 1 heterocycles. The molecule has 0 N–H and O–H groups in total. The maximum absolute atomic E-state index is 12.6. The number of hydrogen-bond acceptors (Lipinski definition) is 2. The number of rotatable bonds is 4. The first kappa shape index (κ1) is 13.9. The van der Waals surface area contributed by atoms with Crippen LogP contribution in [0.2, 0.25) is 0 Å². The molecule has 21 heavy (non-hydrogen) atoms. The van der Waals surface area contributed by atoms with Crippen LogP contribution in [0.3, 0.4) is 0 Å². The van der Waals surface area contributed by atoms with E-state index >= 15 is 0 Å². The van der Waals surface area contributed by atoms with E-state index in [4.69, 9.17) is 4.74 Å². The zero-order valence-corrected chi connectivity index (χ0v) is 12.3. The van der Waals surface area contributed by atoms with Crippen molar-refractivity contribution >= 4 is 5.78 Å². The highest BCUT2D eigenvalue weighted by Gasteiger charge is 2.26. The summed E-state index contributed by atoms with van der Waals surface area (Å²) in [6.45, 7) is 2.74. The minimum atomic E-state index is -0.000955. The number of ketones is 1. The first-order chi connectivity index (χ1) is 10.3. The molecular formula is C19H20O2. The Bertz CT molecular complexity index is 646. The van der Waals surface area contributed by atoms with Gasteiger partial charge < -0.3 is 4.74 Å². The smallest absolute Gasteiger partial charge is 0.140 e. The molecule has 1 aliphatic rings. The Morgan fingerprint density at radius 3 is 2.76 bits per heavy atom. The van der Waals surface area contributed by atoms with Crippen molar-refractivity contribution in [3.63, 3.8) is 0 Å².